The first-order chi connectivity index (χ1) is 19.5. The molecule has 3 aromatic carbocycles. The molecule has 0 aliphatic heterocycles. The SMILES string of the molecule is C=CC[C@H](NC(=O)Cc1c(C)[nH]c2ccc(OC)cc12)C(=O)NCCc1c(-c2ccccc2)[nH]c2ccccc12. The number of H-pyrrole nitrogens is 2. The Bertz CT molecular complexity index is 1670. The summed E-state index contributed by atoms with van der Waals surface area (Å²) in [4.78, 5) is 33.1. The maximum Gasteiger partial charge on any atom is 0.242 e. The van der Waals surface area contributed by atoms with Crippen LogP contribution in [0.2, 0.25) is 0 Å². The van der Waals surface area contributed by atoms with E-state index in [0.29, 0.717) is 19.4 Å². The van der Waals surface area contributed by atoms with Crippen LogP contribution in [0.3, 0.4) is 0 Å². The molecule has 0 saturated heterocycles. The van der Waals surface area contributed by atoms with Gasteiger partial charge in [0.05, 0.1) is 13.5 Å². The Morgan fingerprint density at radius 2 is 1.70 bits per heavy atom. The lowest BCUT2D eigenvalue weighted by Crippen LogP contribution is -2.47. The molecule has 1 atom stereocenters. The Morgan fingerprint density at radius 1 is 0.950 bits per heavy atom. The molecule has 0 bridgehead atoms. The van der Waals surface area contributed by atoms with Gasteiger partial charge in [-0.3, -0.25) is 9.59 Å². The van der Waals surface area contributed by atoms with Crippen LogP contribution in [0, 0.1) is 6.92 Å². The number of aromatic amines is 2. The predicted octanol–water partition coefficient (Wildman–Crippen LogP) is 5.60. The van der Waals surface area contributed by atoms with Crippen LogP contribution in [-0.4, -0.2) is 41.5 Å². The van der Waals surface area contributed by atoms with Crippen LogP contribution in [0.25, 0.3) is 33.1 Å². The molecule has 2 aromatic heterocycles. The van der Waals surface area contributed by atoms with Crippen molar-refractivity contribution in [2.24, 2.45) is 0 Å². The van der Waals surface area contributed by atoms with E-state index in [1.54, 1.807) is 13.2 Å². The van der Waals surface area contributed by atoms with Gasteiger partial charge < -0.3 is 25.3 Å². The first-order valence-electron chi connectivity index (χ1n) is 13.5. The number of aryl methyl sites for hydroxylation is 1. The summed E-state index contributed by atoms with van der Waals surface area (Å²) in [5, 5.41) is 8.02. The third-order valence-electron chi connectivity index (χ3n) is 7.27. The average molecular weight is 535 g/mol. The van der Waals surface area contributed by atoms with Gasteiger partial charge in [0.1, 0.15) is 11.8 Å². The van der Waals surface area contributed by atoms with E-state index >= 15 is 0 Å². The molecule has 0 fully saturated rings. The van der Waals surface area contributed by atoms with E-state index in [-0.39, 0.29) is 18.2 Å². The van der Waals surface area contributed by atoms with E-state index in [9.17, 15) is 9.59 Å². The standard InChI is InChI=1S/C33H34N4O3/c1-4-10-30(36-31(38)20-26-21(2)35-29-16-15-23(40-3)19-27(26)29)33(39)34-18-17-25-24-13-8-9-14-28(24)37-32(25)22-11-6-5-7-12-22/h4-9,11-16,19,30,35,37H,1,10,17-18,20H2,2-3H3,(H,34,39)(H,36,38)/t30-/m0/s1. The zero-order valence-electron chi connectivity index (χ0n) is 22.8. The van der Waals surface area contributed by atoms with Crippen molar-refractivity contribution in [1.29, 1.82) is 0 Å². The van der Waals surface area contributed by atoms with Crippen molar-refractivity contribution in [3.8, 4) is 17.0 Å². The van der Waals surface area contributed by atoms with E-state index in [1.807, 2.05) is 55.5 Å². The molecule has 204 valence electrons. The summed E-state index contributed by atoms with van der Waals surface area (Å²) in [5.74, 6) is 0.270. The van der Waals surface area contributed by atoms with E-state index < -0.39 is 6.04 Å². The molecule has 0 saturated carbocycles. The number of hydrogen-bond acceptors (Lipinski definition) is 3. The third kappa shape index (κ3) is 5.64. The molecule has 2 amide bonds. The molecule has 40 heavy (non-hydrogen) atoms. The number of aromatic nitrogens is 2. The molecule has 5 aromatic rings. The Kier molecular flexibility index (Phi) is 8.01. The minimum absolute atomic E-state index is 0.149. The van der Waals surface area contributed by atoms with Gasteiger partial charge in [0.2, 0.25) is 11.8 Å². The molecule has 0 aliphatic rings. The summed E-state index contributed by atoms with van der Waals surface area (Å²) < 4.78 is 5.36. The second-order valence-electron chi connectivity index (χ2n) is 9.89. The summed E-state index contributed by atoms with van der Waals surface area (Å²) in [6.45, 7) is 6.16. The second-order valence-corrected chi connectivity index (χ2v) is 9.89. The molecule has 5 rings (SSSR count). The summed E-state index contributed by atoms with van der Waals surface area (Å²) in [6, 6.07) is 23.4. The van der Waals surface area contributed by atoms with Crippen LogP contribution < -0.4 is 15.4 Å². The van der Waals surface area contributed by atoms with Crippen LogP contribution in [0.1, 0.15) is 23.2 Å². The number of amides is 2. The number of ether oxygens (including phenoxy) is 1. The number of carbonyl (C=O) groups is 2. The Labute approximate surface area is 233 Å². The van der Waals surface area contributed by atoms with Gasteiger partial charge in [0.25, 0.3) is 0 Å². The molecular weight excluding hydrogens is 500 g/mol. The molecule has 7 heteroatoms. The maximum absolute atomic E-state index is 13.2. The Morgan fingerprint density at radius 3 is 2.48 bits per heavy atom. The van der Waals surface area contributed by atoms with Crippen molar-refractivity contribution >= 4 is 33.6 Å². The minimum Gasteiger partial charge on any atom is -0.497 e. The average Bonchev–Trinajstić information content (AvgIpc) is 3.49. The second kappa shape index (κ2) is 11.9. The maximum atomic E-state index is 13.2. The van der Waals surface area contributed by atoms with Gasteiger partial charge >= 0.3 is 0 Å². The Balaban J connectivity index is 1.26. The van der Waals surface area contributed by atoms with Gasteiger partial charge in [-0.15, -0.1) is 6.58 Å². The lowest BCUT2D eigenvalue weighted by molar-refractivity contribution is -0.128. The number of para-hydroxylation sites is 1. The zero-order valence-corrected chi connectivity index (χ0v) is 22.8. The van der Waals surface area contributed by atoms with Gasteiger partial charge in [0, 0.05) is 39.7 Å². The normalized spacial score (nSPS) is 11.8. The largest absolute Gasteiger partial charge is 0.497 e. The summed E-state index contributed by atoms with van der Waals surface area (Å²) in [6.07, 6.45) is 2.78. The third-order valence-corrected chi connectivity index (χ3v) is 7.27. The van der Waals surface area contributed by atoms with E-state index in [1.165, 1.54) is 0 Å². The summed E-state index contributed by atoms with van der Waals surface area (Å²) >= 11 is 0. The van der Waals surface area contributed by atoms with Crippen molar-refractivity contribution in [1.82, 2.24) is 20.6 Å². The first-order valence-corrected chi connectivity index (χ1v) is 13.5. The summed E-state index contributed by atoms with van der Waals surface area (Å²) in [5.41, 5.74) is 7.10. The number of fused-ring (bicyclic) bond motifs is 2. The molecule has 0 spiro atoms. The first kappa shape index (κ1) is 26.8. The monoisotopic (exact) mass is 534 g/mol. The van der Waals surface area contributed by atoms with Crippen molar-refractivity contribution in [2.75, 3.05) is 13.7 Å². The molecule has 0 aliphatic carbocycles. The minimum atomic E-state index is -0.707. The molecule has 4 N–H and O–H groups in total. The van der Waals surface area contributed by atoms with Crippen LogP contribution >= 0.6 is 0 Å². The highest BCUT2D eigenvalue weighted by Crippen LogP contribution is 2.30. The van der Waals surface area contributed by atoms with Gasteiger partial charge in [-0.25, -0.2) is 0 Å². The van der Waals surface area contributed by atoms with E-state index in [4.69, 9.17) is 4.74 Å². The number of nitrogens with one attached hydrogen (secondary N) is 4. The lowest BCUT2D eigenvalue weighted by Gasteiger charge is -2.17. The predicted molar refractivity (Wildman–Crippen MR) is 160 cm³/mol. The van der Waals surface area contributed by atoms with Crippen LogP contribution in [0.4, 0.5) is 0 Å². The molecule has 7 nitrogen and oxygen atoms in total. The van der Waals surface area contributed by atoms with Gasteiger partial charge in [-0.05, 0) is 60.7 Å². The fourth-order valence-electron chi connectivity index (χ4n) is 5.27. The van der Waals surface area contributed by atoms with Crippen molar-refractivity contribution in [3.05, 3.63) is 102 Å². The van der Waals surface area contributed by atoms with Crippen molar-refractivity contribution in [2.45, 2.75) is 32.2 Å². The fourth-order valence-corrected chi connectivity index (χ4v) is 5.27. The van der Waals surface area contributed by atoms with Crippen molar-refractivity contribution < 1.29 is 14.3 Å². The lowest BCUT2D eigenvalue weighted by atomic mass is 10.0. The smallest absolute Gasteiger partial charge is 0.242 e. The summed E-state index contributed by atoms with van der Waals surface area (Å²) in [7, 11) is 1.62. The molecule has 0 unspecified atom stereocenters. The van der Waals surface area contributed by atoms with Crippen LogP contribution in [-0.2, 0) is 22.4 Å². The Hall–Kier alpha value is -4.78. The van der Waals surface area contributed by atoms with E-state index in [2.05, 4.69) is 51.4 Å². The van der Waals surface area contributed by atoms with Crippen LogP contribution in [0.5, 0.6) is 5.75 Å². The number of hydrogen-bond donors (Lipinski definition) is 4. The van der Waals surface area contributed by atoms with Crippen molar-refractivity contribution in [3.63, 3.8) is 0 Å². The quantitative estimate of drug-likeness (QED) is 0.166. The number of methoxy groups -OCH3 is 1. The highest BCUT2D eigenvalue weighted by Gasteiger charge is 2.21. The van der Waals surface area contributed by atoms with Gasteiger partial charge in [-0.2, -0.15) is 0 Å². The fraction of sp³-hybridized carbons (Fsp3) is 0.212. The van der Waals surface area contributed by atoms with Crippen LogP contribution in [0.15, 0.2) is 85.5 Å². The number of rotatable bonds is 11. The van der Waals surface area contributed by atoms with Gasteiger partial charge in [-0.1, -0.05) is 54.6 Å². The van der Waals surface area contributed by atoms with Gasteiger partial charge in [0.15, 0.2) is 0 Å². The topological polar surface area (TPSA) is 99.0 Å². The molecule has 0 radical (unpaired) electrons. The highest BCUT2D eigenvalue weighted by molar-refractivity contribution is 5.94. The van der Waals surface area contributed by atoms with E-state index in [0.717, 1.165) is 55.6 Å². The molecule has 2 heterocycles. The zero-order chi connectivity index (χ0) is 28.1. The highest BCUT2D eigenvalue weighted by atomic mass is 16.5. The number of carbonyl (C=O) groups excluding carboxylic acids is 2. The number of benzene rings is 3. The molecular formula is C33H34N4O3.